The molecule has 1 aliphatic rings. The van der Waals surface area contributed by atoms with E-state index >= 15 is 0 Å². The Balaban J connectivity index is 1.59. The third-order valence-electron chi connectivity index (χ3n) is 5.29. The number of carbonyl (C=O) groups is 2. The zero-order valence-corrected chi connectivity index (χ0v) is 20.2. The summed E-state index contributed by atoms with van der Waals surface area (Å²) in [6.45, 7) is 1.40. The van der Waals surface area contributed by atoms with Crippen LogP contribution >= 0.6 is 34.9 Å². The number of nitrogens with zero attached hydrogens (tertiary/aromatic N) is 1. The first-order chi connectivity index (χ1) is 15.5. The lowest BCUT2D eigenvalue weighted by Gasteiger charge is -2.16. The molecule has 0 bridgehead atoms. The van der Waals surface area contributed by atoms with Gasteiger partial charge in [0.25, 0.3) is 11.8 Å². The van der Waals surface area contributed by atoms with Crippen molar-refractivity contribution in [3.63, 3.8) is 0 Å². The lowest BCUT2D eigenvalue weighted by Crippen LogP contribution is -2.27. The van der Waals surface area contributed by atoms with Gasteiger partial charge >= 0.3 is 13.3 Å². The van der Waals surface area contributed by atoms with E-state index in [-0.39, 0.29) is 21.3 Å². The van der Waals surface area contributed by atoms with Gasteiger partial charge in [-0.25, -0.2) is 0 Å². The topological polar surface area (TPSA) is 107 Å². The average molecular weight is 559 g/mol. The summed E-state index contributed by atoms with van der Waals surface area (Å²) in [6, 6.07) is 10.8. The lowest BCUT2D eigenvalue weighted by atomic mass is 10.1. The van der Waals surface area contributed by atoms with E-state index in [4.69, 9.17) is 9.79 Å². The molecule has 33 heavy (non-hydrogen) atoms. The Bertz CT molecular complexity index is 1300. The molecule has 0 atom stereocenters. The van der Waals surface area contributed by atoms with Crippen LogP contribution in [-0.2, 0) is 10.2 Å². The third-order valence-corrected chi connectivity index (χ3v) is 8.72. The van der Waals surface area contributed by atoms with E-state index in [2.05, 4.69) is 21.2 Å². The van der Waals surface area contributed by atoms with Crippen molar-refractivity contribution >= 4 is 62.5 Å². The summed E-state index contributed by atoms with van der Waals surface area (Å²) in [4.78, 5) is 44.4. The monoisotopic (exact) mass is 558 g/mol. The Morgan fingerprint density at radius 2 is 1.79 bits per heavy atom. The SMILES string of the molecule is O=C(Nc1cccc(C(=O)N2CCCC2)c1)c1ccc2sc(C(F)(F)P(=O)(O)O)c(Br)c2c1. The summed E-state index contributed by atoms with van der Waals surface area (Å²) in [5.74, 6) is -0.630. The molecule has 0 unspecified atom stereocenters. The van der Waals surface area contributed by atoms with Gasteiger partial charge in [-0.1, -0.05) is 6.07 Å². The van der Waals surface area contributed by atoms with Crippen LogP contribution in [0.15, 0.2) is 46.9 Å². The zero-order chi connectivity index (χ0) is 24.0. The zero-order valence-electron chi connectivity index (χ0n) is 16.9. The maximum Gasteiger partial charge on any atom is 0.400 e. The van der Waals surface area contributed by atoms with Crippen LogP contribution < -0.4 is 5.32 Å². The van der Waals surface area contributed by atoms with Gasteiger partial charge in [0.1, 0.15) is 4.88 Å². The molecule has 0 aliphatic carbocycles. The van der Waals surface area contributed by atoms with Gasteiger partial charge in [0, 0.05) is 44.5 Å². The van der Waals surface area contributed by atoms with Crippen LogP contribution in [0.4, 0.5) is 14.5 Å². The fourth-order valence-corrected chi connectivity index (χ4v) is 6.49. The van der Waals surface area contributed by atoms with Crippen LogP contribution in [0.2, 0.25) is 0 Å². The van der Waals surface area contributed by atoms with E-state index in [0.29, 0.717) is 40.4 Å². The minimum atomic E-state index is -5.73. The highest BCUT2D eigenvalue weighted by atomic mass is 79.9. The standard InChI is InChI=1S/C21H18BrF2N2O5PS/c22-17-15-11-12(6-7-16(15)33-18(17)21(23,24)32(29,30)31)19(27)25-14-5-3-4-13(10-14)20(28)26-8-1-2-9-26/h3-7,10-11H,1-2,8-9H2,(H,25,27)(H2,29,30,31). The van der Waals surface area contributed by atoms with Crippen LogP contribution in [0.1, 0.15) is 38.4 Å². The van der Waals surface area contributed by atoms with Gasteiger partial charge in [0.05, 0.1) is 0 Å². The van der Waals surface area contributed by atoms with Crippen LogP contribution in [-0.4, -0.2) is 39.6 Å². The van der Waals surface area contributed by atoms with E-state index < -0.39 is 24.0 Å². The van der Waals surface area contributed by atoms with Crippen LogP contribution in [0.3, 0.4) is 0 Å². The second-order valence-corrected chi connectivity index (χ2v) is 11.1. The van der Waals surface area contributed by atoms with Crippen LogP contribution in [0, 0.1) is 0 Å². The van der Waals surface area contributed by atoms with Gasteiger partial charge in [-0.3, -0.25) is 14.2 Å². The molecule has 2 heterocycles. The van der Waals surface area contributed by atoms with Crippen molar-refractivity contribution in [2.45, 2.75) is 18.5 Å². The molecule has 2 amide bonds. The molecule has 4 rings (SSSR count). The Hall–Kier alpha value is -2.17. The normalized spacial score (nSPS) is 14.6. The van der Waals surface area contributed by atoms with Crippen molar-refractivity contribution in [3.8, 4) is 0 Å². The largest absolute Gasteiger partial charge is 0.400 e. The predicted molar refractivity (Wildman–Crippen MR) is 125 cm³/mol. The van der Waals surface area contributed by atoms with E-state index in [1.54, 1.807) is 29.2 Å². The Morgan fingerprint density at radius 3 is 2.45 bits per heavy atom. The van der Waals surface area contributed by atoms with Gasteiger partial charge < -0.3 is 20.0 Å². The Morgan fingerprint density at radius 1 is 1.09 bits per heavy atom. The van der Waals surface area contributed by atoms with Crippen molar-refractivity contribution in [3.05, 3.63) is 62.9 Å². The first-order valence-corrected chi connectivity index (χ1v) is 13.1. The molecule has 1 fully saturated rings. The number of benzene rings is 2. The maximum absolute atomic E-state index is 14.2. The summed E-state index contributed by atoms with van der Waals surface area (Å²) in [6.07, 6.45) is 1.93. The number of thiophene rings is 1. The highest BCUT2D eigenvalue weighted by Gasteiger charge is 2.53. The van der Waals surface area contributed by atoms with Gasteiger partial charge in [0.15, 0.2) is 0 Å². The second-order valence-electron chi connectivity index (χ2n) is 7.58. The highest BCUT2D eigenvalue weighted by Crippen LogP contribution is 2.62. The predicted octanol–water partition coefficient (Wildman–Crippen LogP) is 5.38. The van der Waals surface area contributed by atoms with Crippen molar-refractivity contribution in [1.29, 1.82) is 0 Å². The summed E-state index contributed by atoms with van der Waals surface area (Å²) in [5, 5.41) is 2.93. The molecule has 1 aliphatic heterocycles. The third kappa shape index (κ3) is 4.61. The van der Waals surface area contributed by atoms with Gasteiger partial charge in [-0.2, -0.15) is 8.78 Å². The van der Waals surface area contributed by atoms with Crippen LogP contribution in [0.5, 0.6) is 0 Å². The van der Waals surface area contributed by atoms with Gasteiger partial charge in [-0.15, -0.1) is 11.3 Å². The Labute approximate surface area is 199 Å². The number of likely N-dealkylation sites (tertiary alicyclic amines) is 1. The molecule has 3 aromatic rings. The number of fused-ring (bicyclic) bond motifs is 1. The molecule has 1 aromatic heterocycles. The maximum atomic E-state index is 14.2. The number of halogens is 3. The fraction of sp³-hybridized carbons (Fsp3) is 0.238. The quantitative estimate of drug-likeness (QED) is 0.364. The molecule has 0 radical (unpaired) electrons. The minimum Gasteiger partial charge on any atom is -0.339 e. The van der Waals surface area contributed by atoms with E-state index in [9.17, 15) is 22.9 Å². The minimum absolute atomic E-state index is 0.106. The van der Waals surface area contributed by atoms with E-state index in [1.165, 1.54) is 18.2 Å². The molecule has 2 aromatic carbocycles. The Kier molecular flexibility index (Phi) is 6.45. The molecular formula is C21H18BrF2N2O5PS. The average Bonchev–Trinajstić information content (AvgIpc) is 3.41. The number of hydrogen-bond donors (Lipinski definition) is 3. The van der Waals surface area contributed by atoms with Crippen LogP contribution in [0.25, 0.3) is 10.1 Å². The smallest absolute Gasteiger partial charge is 0.339 e. The number of hydrogen-bond acceptors (Lipinski definition) is 4. The molecule has 3 N–H and O–H groups in total. The lowest BCUT2D eigenvalue weighted by molar-refractivity contribution is 0.0595. The number of amides is 2. The van der Waals surface area contributed by atoms with E-state index in [1.807, 2.05) is 0 Å². The first kappa shape index (κ1) is 24.0. The fourth-order valence-electron chi connectivity index (χ4n) is 3.57. The molecular weight excluding hydrogens is 541 g/mol. The van der Waals surface area contributed by atoms with Crippen molar-refractivity contribution in [2.75, 3.05) is 18.4 Å². The van der Waals surface area contributed by atoms with Crippen molar-refractivity contribution in [2.24, 2.45) is 0 Å². The molecule has 7 nitrogen and oxygen atoms in total. The second kappa shape index (κ2) is 8.88. The number of rotatable bonds is 5. The number of carbonyl (C=O) groups excluding carboxylic acids is 2. The number of nitrogens with one attached hydrogen (secondary N) is 1. The molecule has 0 saturated carbocycles. The van der Waals surface area contributed by atoms with Crippen molar-refractivity contribution < 1.29 is 32.7 Å². The number of anilines is 1. The highest BCUT2D eigenvalue weighted by molar-refractivity contribution is 9.10. The molecule has 174 valence electrons. The summed E-state index contributed by atoms with van der Waals surface area (Å²) < 4.78 is 39.9. The first-order valence-electron chi connectivity index (χ1n) is 9.86. The summed E-state index contributed by atoms with van der Waals surface area (Å²) in [7, 11) is -5.73. The summed E-state index contributed by atoms with van der Waals surface area (Å²) >= 11 is 3.54. The molecule has 1 saturated heterocycles. The summed E-state index contributed by atoms with van der Waals surface area (Å²) in [5.41, 5.74) is -3.35. The molecule has 0 spiro atoms. The van der Waals surface area contributed by atoms with Crippen molar-refractivity contribution in [1.82, 2.24) is 4.90 Å². The van der Waals surface area contributed by atoms with Gasteiger partial charge in [0.2, 0.25) is 0 Å². The molecule has 12 heteroatoms. The van der Waals surface area contributed by atoms with E-state index in [0.717, 1.165) is 12.8 Å². The van der Waals surface area contributed by atoms with Gasteiger partial charge in [-0.05, 0) is 65.2 Å². The number of alkyl halides is 2.